The van der Waals surface area contributed by atoms with Gasteiger partial charge in [-0.1, -0.05) is 39.0 Å². The molecule has 0 aliphatic carbocycles. The molecule has 1 aromatic rings. The van der Waals surface area contributed by atoms with Crippen molar-refractivity contribution in [3.05, 3.63) is 41.5 Å². The number of rotatable bonds is 11. The van der Waals surface area contributed by atoms with Gasteiger partial charge in [-0.25, -0.2) is 0 Å². The molecule has 29 heavy (non-hydrogen) atoms. The third kappa shape index (κ3) is 7.97. The van der Waals surface area contributed by atoms with E-state index in [0.29, 0.717) is 18.3 Å². The summed E-state index contributed by atoms with van der Waals surface area (Å²) in [5.74, 6) is 0.0342. The summed E-state index contributed by atoms with van der Waals surface area (Å²) >= 11 is 0. The van der Waals surface area contributed by atoms with E-state index in [9.17, 15) is 14.4 Å². The SMILES string of the molecule is C/C=C(/C=O)[C@@H](CC=O)CC(=O)OCCc1ccc(O[Si](C)(C)C(C)(C)C)cc1. The number of carbonyl (C=O) groups is 3. The first-order valence-electron chi connectivity index (χ1n) is 10.0. The number of aldehydes is 2. The summed E-state index contributed by atoms with van der Waals surface area (Å²) in [4.78, 5) is 33.9. The Balaban J connectivity index is 2.55. The number of allylic oxidation sites excluding steroid dienone is 2. The summed E-state index contributed by atoms with van der Waals surface area (Å²) in [6, 6.07) is 7.88. The normalized spacial score (nSPS) is 13.5. The van der Waals surface area contributed by atoms with E-state index in [2.05, 4.69) is 33.9 Å². The molecule has 1 rings (SSSR count). The average Bonchev–Trinajstić information content (AvgIpc) is 2.63. The Bertz CT molecular complexity index is 714. The Labute approximate surface area is 175 Å². The topological polar surface area (TPSA) is 69.7 Å². The molecule has 0 spiro atoms. The van der Waals surface area contributed by atoms with Crippen LogP contribution in [0.25, 0.3) is 0 Å². The molecule has 0 bridgehead atoms. The highest BCUT2D eigenvalue weighted by Crippen LogP contribution is 2.37. The molecule has 1 aromatic carbocycles. The van der Waals surface area contributed by atoms with E-state index < -0.39 is 20.2 Å². The van der Waals surface area contributed by atoms with Crippen molar-refractivity contribution >= 4 is 26.9 Å². The molecule has 0 heterocycles. The second-order valence-corrected chi connectivity index (χ2v) is 13.4. The second kappa shape index (κ2) is 11.1. The maximum atomic E-state index is 12.1. The minimum absolute atomic E-state index is 0.0243. The van der Waals surface area contributed by atoms with Crippen molar-refractivity contribution in [3.8, 4) is 5.75 Å². The molecule has 0 aliphatic heterocycles. The van der Waals surface area contributed by atoms with Gasteiger partial charge in [-0.2, -0.15) is 0 Å². The molecular formula is C23H34O5Si. The van der Waals surface area contributed by atoms with Gasteiger partial charge in [0.05, 0.1) is 13.0 Å². The van der Waals surface area contributed by atoms with E-state index in [1.54, 1.807) is 13.0 Å². The lowest BCUT2D eigenvalue weighted by molar-refractivity contribution is -0.144. The lowest BCUT2D eigenvalue weighted by Crippen LogP contribution is -2.43. The minimum atomic E-state index is -1.87. The Kier molecular flexibility index (Phi) is 9.50. The van der Waals surface area contributed by atoms with Gasteiger partial charge in [0.25, 0.3) is 0 Å². The van der Waals surface area contributed by atoms with Crippen LogP contribution in [0.4, 0.5) is 0 Å². The number of ether oxygens (including phenoxy) is 1. The van der Waals surface area contributed by atoms with E-state index >= 15 is 0 Å². The molecule has 0 radical (unpaired) electrons. The Morgan fingerprint density at radius 1 is 1.14 bits per heavy atom. The van der Waals surface area contributed by atoms with Crippen molar-refractivity contribution in [1.82, 2.24) is 0 Å². The van der Waals surface area contributed by atoms with Gasteiger partial charge in [-0.05, 0) is 48.3 Å². The average molecular weight is 419 g/mol. The predicted molar refractivity (Wildman–Crippen MR) is 118 cm³/mol. The molecule has 0 aliphatic rings. The first-order chi connectivity index (χ1) is 13.5. The summed E-state index contributed by atoms with van der Waals surface area (Å²) in [6.45, 7) is 13.0. The van der Waals surface area contributed by atoms with Gasteiger partial charge in [0, 0.05) is 18.8 Å². The van der Waals surface area contributed by atoms with Crippen molar-refractivity contribution < 1.29 is 23.5 Å². The molecule has 0 amide bonds. The van der Waals surface area contributed by atoms with Gasteiger partial charge in [-0.15, -0.1) is 0 Å². The van der Waals surface area contributed by atoms with E-state index in [0.717, 1.165) is 17.6 Å². The van der Waals surface area contributed by atoms with Crippen LogP contribution in [-0.2, 0) is 25.5 Å². The highest BCUT2D eigenvalue weighted by atomic mass is 28.4. The van der Waals surface area contributed by atoms with Crippen molar-refractivity contribution in [2.24, 2.45) is 5.92 Å². The van der Waals surface area contributed by atoms with Crippen LogP contribution in [0.1, 0.15) is 46.1 Å². The van der Waals surface area contributed by atoms with Crippen LogP contribution in [-0.4, -0.2) is 33.5 Å². The molecule has 160 valence electrons. The quantitative estimate of drug-likeness (QED) is 0.221. The Morgan fingerprint density at radius 2 is 1.76 bits per heavy atom. The van der Waals surface area contributed by atoms with Gasteiger partial charge >= 0.3 is 5.97 Å². The Morgan fingerprint density at radius 3 is 2.24 bits per heavy atom. The van der Waals surface area contributed by atoms with Gasteiger partial charge < -0.3 is 14.0 Å². The third-order valence-electron chi connectivity index (χ3n) is 5.49. The van der Waals surface area contributed by atoms with Crippen molar-refractivity contribution in [3.63, 3.8) is 0 Å². The van der Waals surface area contributed by atoms with E-state index in [-0.39, 0.29) is 24.5 Å². The molecule has 0 unspecified atom stereocenters. The third-order valence-corrected chi connectivity index (χ3v) is 9.85. The van der Waals surface area contributed by atoms with E-state index in [1.807, 2.05) is 24.3 Å². The largest absolute Gasteiger partial charge is 0.544 e. The molecule has 0 fully saturated rings. The number of benzene rings is 1. The summed E-state index contributed by atoms with van der Waals surface area (Å²) in [5, 5.41) is 0.137. The van der Waals surface area contributed by atoms with Crippen LogP contribution in [0.15, 0.2) is 35.9 Å². The Hall–Kier alpha value is -2.21. The first-order valence-corrected chi connectivity index (χ1v) is 12.9. The highest BCUT2D eigenvalue weighted by Gasteiger charge is 2.38. The van der Waals surface area contributed by atoms with E-state index in [4.69, 9.17) is 9.16 Å². The molecule has 1 atom stereocenters. The number of hydrogen-bond donors (Lipinski definition) is 0. The molecule has 0 saturated heterocycles. The van der Waals surface area contributed by atoms with Gasteiger partial charge in [0.2, 0.25) is 8.32 Å². The van der Waals surface area contributed by atoms with Crippen molar-refractivity contribution in [2.75, 3.05) is 6.61 Å². The van der Waals surface area contributed by atoms with Gasteiger partial charge in [-0.3, -0.25) is 9.59 Å². The predicted octanol–water partition coefficient (Wildman–Crippen LogP) is 4.90. The zero-order valence-corrected chi connectivity index (χ0v) is 19.5. The van der Waals surface area contributed by atoms with Crippen LogP contribution in [0.3, 0.4) is 0 Å². The zero-order valence-electron chi connectivity index (χ0n) is 18.5. The van der Waals surface area contributed by atoms with Crippen LogP contribution < -0.4 is 4.43 Å². The van der Waals surface area contributed by atoms with Crippen LogP contribution in [0.2, 0.25) is 18.1 Å². The minimum Gasteiger partial charge on any atom is -0.544 e. The fourth-order valence-electron chi connectivity index (χ4n) is 2.57. The van der Waals surface area contributed by atoms with Crippen LogP contribution >= 0.6 is 0 Å². The standard InChI is InChI=1S/C23H34O5Si/c1-7-19(17-25)20(12-14-24)16-22(26)27-15-13-18-8-10-21(11-9-18)28-29(5,6)23(2,3)4/h7-11,14,17,20H,12-13,15-16H2,1-6H3/b19-7-/t20-/m0/s1. The van der Waals surface area contributed by atoms with Crippen molar-refractivity contribution in [1.29, 1.82) is 0 Å². The molecule has 0 N–H and O–H groups in total. The second-order valence-electron chi connectivity index (χ2n) is 8.69. The smallest absolute Gasteiger partial charge is 0.306 e. The van der Waals surface area contributed by atoms with Gasteiger partial charge in [0.15, 0.2) is 0 Å². The zero-order chi connectivity index (χ0) is 22.1. The van der Waals surface area contributed by atoms with Crippen LogP contribution in [0.5, 0.6) is 5.75 Å². The fourth-order valence-corrected chi connectivity index (χ4v) is 3.60. The lowest BCUT2D eigenvalue weighted by atomic mass is 9.93. The first kappa shape index (κ1) is 24.8. The molecular weight excluding hydrogens is 384 g/mol. The van der Waals surface area contributed by atoms with Crippen molar-refractivity contribution in [2.45, 2.75) is 65.1 Å². The monoisotopic (exact) mass is 418 g/mol. The summed E-state index contributed by atoms with van der Waals surface area (Å²) < 4.78 is 11.6. The fraction of sp³-hybridized carbons (Fsp3) is 0.522. The maximum Gasteiger partial charge on any atom is 0.306 e. The molecule has 0 saturated carbocycles. The van der Waals surface area contributed by atoms with E-state index in [1.165, 1.54) is 0 Å². The number of esters is 1. The van der Waals surface area contributed by atoms with Crippen LogP contribution in [0, 0.1) is 5.92 Å². The van der Waals surface area contributed by atoms with Gasteiger partial charge in [0.1, 0.15) is 18.3 Å². The summed E-state index contributed by atoms with van der Waals surface area (Å²) in [7, 11) is -1.87. The molecule has 0 aromatic heterocycles. The highest BCUT2D eigenvalue weighted by molar-refractivity contribution is 6.74. The summed E-state index contributed by atoms with van der Waals surface area (Å²) in [6.07, 6.45) is 3.78. The lowest BCUT2D eigenvalue weighted by Gasteiger charge is -2.36. The number of hydrogen-bond acceptors (Lipinski definition) is 5. The molecule has 5 nitrogen and oxygen atoms in total. The molecule has 6 heteroatoms. The maximum absolute atomic E-state index is 12.1. The summed E-state index contributed by atoms with van der Waals surface area (Å²) in [5.41, 5.74) is 1.50. The number of carbonyl (C=O) groups excluding carboxylic acids is 3.